The SMILES string of the molecule is CC(C)(CCCF)OC(=O)N(CCCNCCN1C(=O)c2cccc3cc([N+](=O)[O-])cc(c23)C1=O)CCN1C(=O)c2cccc3cc([N+](=O)[O-])cc(c23)C1=O. The van der Waals surface area contributed by atoms with Crippen molar-refractivity contribution < 1.29 is 42.9 Å². The van der Waals surface area contributed by atoms with Crippen LogP contribution in [0.5, 0.6) is 0 Å². The summed E-state index contributed by atoms with van der Waals surface area (Å²) in [5, 5.41) is 27.7. The molecule has 0 saturated carbocycles. The monoisotopic (exact) mass is 756 g/mol. The fourth-order valence-electron chi connectivity index (χ4n) is 6.97. The van der Waals surface area contributed by atoms with E-state index < -0.39 is 51.8 Å². The van der Waals surface area contributed by atoms with Crippen molar-refractivity contribution in [1.82, 2.24) is 20.0 Å². The number of hydrogen-bond donors (Lipinski definition) is 1. The number of rotatable bonds is 16. The zero-order chi connectivity index (χ0) is 39.6. The lowest BCUT2D eigenvalue weighted by atomic mass is 9.93. The lowest BCUT2D eigenvalue weighted by Gasteiger charge is -2.32. The molecule has 0 radical (unpaired) electrons. The van der Waals surface area contributed by atoms with E-state index in [4.69, 9.17) is 4.74 Å². The van der Waals surface area contributed by atoms with Crippen LogP contribution >= 0.6 is 0 Å². The average Bonchev–Trinajstić information content (AvgIpc) is 3.15. The van der Waals surface area contributed by atoms with Gasteiger partial charge in [-0.05, 0) is 62.6 Å². The molecule has 0 saturated heterocycles. The van der Waals surface area contributed by atoms with Gasteiger partial charge in [-0.25, -0.2) is 4.79 Å². The molecule has 5 amide bonds. The third-order valence-electron chi connectivity index (χ3n) is 9.67. The Morgan fingerprint density at radius 3 is 1.76 bits per heavy atom. The number of nitro groups is 2. The number of halogens is 1. The molecule has 4 aromatic carbocycles. The van der Waals surface area contributed by atoms with Crippen LogP contribution in [0.4, 0.5) is 20.6 Å². The Bertz CT molecular complexity index is 2280. The van der Waals surface area contributed by atoms with Crippen LogP contribution in [0, 0.1) is 20.2 Å². The molecule has 0 atom stereocenters. The van der Waals surface area contributed by atoms with E-state index in [1.807, 2.05) is 0 Å². The molecule has 4 aromatic rings. The number of nitro benzene ring substituents is 2. The highest BCUT2D eigenvalue weighted by molar-refractivity contribution is 6.26. The van der Waals surface area contributed by atoms with Crippen LogP contribution in [0.2, 0.25) is 0 Å². The minimum atomic E-state index is -1.03. The molecule has 0 aromatic heterocycles. The summed E-state index contributed by atoms with van der Waals surface area (Å²) in [5.74, 6) is -2.55. The number of carbonyl (C=O) groups excluding carboxylic acids is 5. The third-order valence-corrected chi connectivity index (χ3v) is 9.67. The maximum Gasteiger partial charge on any atom is 0.410 e. The Kier molecular flexibility index (Phi) is 10.8. The summed E-state index contributed by atoms with van der Waals surface area (Å²) in [6.45, 7) is 2.77. The van der Waals surface area contributed by atoms with Gasteiger partial charge in [0.2, 0.25) is 0 Å². The quantitative estimate of drug-likeness (QED) is 0.0641. The van der Waals surface area contributed by atoms with E-state index in [0.29, 0.717) is 34.5 Å². The molecule has 2 aliphatic rings. The largest absolute Gasteiger partial charge is 0.443 e. The number of ether oxygens (including phenoxy) is 1. The number of non-ortho nitro benzene ring substituents is 2. The van der Waals surface area contributed by atoms with Crippen LogP contribution in [0.15, 0.2) is 60.7 Å². The molecule has 2 heterocycles. The minimum Gasteiger partial charge on any atom is -0.443 e. The summed E-state index contributed by atoms with van der Waals surface area (Å²) in [6.07, 6.45) is -0.0251. The molecule has 55 heavy (non-hydrogen) atoms. The van der Waals surface area contributed by atoms with Crippen LogP contribution in [0.25, 0.3) is 21.5 Å². The Morgan fingerprint density at radius 2 is 1.25 bits per heavy atom. The summed E-state index contributed by atoms with van der Waals surface area (Å²) >= 11 is 0. The predicted molar refractivity (Wildman–Crippen MR) is 197 cm³/mol. The molecule has 286 valence electrons. The van der Waals surface area contributed by atoms with Crippen molar-refractivity contribution in [1.29, 1.82) is 0 Å². The van der Waals surface area contributed by atoms with Crippen LogP contribution in [-0.2, 0) is 4.74 Å². The van der Waals surface area contributed by atoms with Gasteiger partial charge in [0.25, 0.3) is 35.0 Å². The zero-order valence-electron chi connectivity index (χ0n) is 30.0. The van der Waals surface area contributed by atoms with E-state index >= 15 is 0 Å². The fraction of sp³-hybridized carbons (Fsp3) is 0.342. The van der Waals surface area contributed by atoms with E-state index in [9.17, 15) is 48.6 Å². The fourth-order valence-corrected chi connectivity index (χ4v) is 6.97. The van der Waals surface area contributed by atoms with Gasteiger partial charge in [0, 0.05) is 78.9 Å². The second kappa shape index (κ2) is 15.5. The van der Waals surface area contributed by atoms with E-state index in [-0.39, 0.29) is 79.2 Å². The van der Waals surface area contributed by atoms with Crippen molar-refractivity contribution in [3.8, 4) is 0 Å². The van der Waals surface area contributed by atoms with Gasteiger partial charge < -0.3 is 15.0 Å². The summed E-state index contributed by atoms with van der Waals surface area (Å²) in [6, 6.07) is 14.3. The van der Waals surface area contributed by atoms with Crippen molar-refractivity contribution in [2.24, 2.45) is 0 Å². The van der Waals surface area contributed by atoms with Crippen molar-refractivity contribution in [3.05, 3.63) is 103 Å². The summed E-state index contributed by atoms with van der Waals surface area (Å²) in [7, 11) is 0. The normalized spacial score (nSPS) is 13.9. The first-order valence-corrected chi connectivity index (χ1v) is 17.6. The van der Waals surface area contributed by atoms with E-state index in [1.165, 1.54) is 29.2 Å². The Labute approximate surface area is 313 Å². The molecule has 6 rings (SSSR count). The van der Waals surface area contributed by atoms with Crippen molar-refractivity contribution in [2.75, 3.05) is 45.9 Å². The highest BCUT2D eigenvalue weighted by Crippen LogP contribution is 2.35. The van der Waals surface area contributed by atoms with Gasteiger partial charge in [0.1, 0.15) is 5.60 Å². The van der Waals surface area contributed by atoms with Gasteiger partial charge in [-0.3, -0.25) is 53.6 Å². The van der Waals surface area contributed by atoms with E-state index in [0.717, 1.165) is 15.9 Å². The first-order chi connectivity index (χ1) is 26.2. The molecule has 1 N–H and O–H groups in total. The highest BCUT2D eigenvalue weighted by Gasteiger charge is 2.36. The van der Waals surface area contributed by atoms with Crippen molar-refractivity contribution in [3.63, 3.8) is 0 Å². The predicted octanol–water partition coefficient (Wildman–Crippen LogP) is 5.65. The first kappa shape index (κ1) is 38.4. The third kappa shape index (κ3) is 7.68. The molecule has 2 aliphatic heterocycles. The number of amides is 5. The summed E-state index contributed by atoms with van der Waals surface area (Å²) < 4.78 is 18.6. The van der Waals surface area contributed by atoms with Crippen LogP contribution in [-0.4, -0.2) is 106 Å². The first-order valence-electron chi connectivity index (χ1n) is 17.6. The average molecular weight is 757 g/mol. The summed E-state index contributed by atoms with van der Waals surface area (Å²) in [5.41, 5.74) is -1.10. The van der Waals surface area contributed by atoms with Gasteiger partial charge in [-0.1, -0.05) is 24.3 Å². The highest BCUT2D eigenvalue weighted by atomic mass is 19.1. The van der Waals surface area contributed by atoms with Crippen molar-refractivity contribution >= 4 is 62.6 Å². The number of hydrogen-bond acceptors (Lipinski definition) is 11. The number of carbonyl (C=O) groups is 5. The second-order valence-electron chi connectivity index (χ2n) is 13.8. The number of nitrogens with one attached hydrogen (secondary N) is 1. The van der Waals surface area contributed by atoms with Crippen molar-refractivity contribution in [2.45, 2.75) is 38.7 Å². The Morgan fingerprint density at radius 1 is 0.745 bits per heavy atom. The molecule has 0 spiro atoms. The maximum absolute atomic E-state index is 13.6. The summed E-state index contributed by atoms with van der Waals surface area (Å²) in [4.78, 5) is 92.5. The topological polar surface area (TPSA) is 203 Å². The molecule has 0 aliphatic carbocycles. The van der Waals surface area contributed by atoms with E-state index in [2.05, 4.69) is 5.32 Å². The van der Waals surface area contributed by atoms with Gasteiger partial charge >= 0.3 is 6.09 Å². The lowest BCUT2D eigenvalue weighted by molar-refractivity contribution is -0.384. The zero-order valence-corrected chi connectivity index (χ0v) is 30.0. The van der Waals surface area contributed by atoms with E-state index in [1.54, 1.807) is 44.2 Å². The molecule has 0 unspecified atom stereocenters. The Balaban J connectivity index is 1.11. The van der Waals surface area contributed by atoms with Gasteiger partial charge in [0.05, 0.1) is 27.6 Å². The van der Waals surface area contributed by atoms with Crippen LogP contribution in [0.1, 0.15) is 74.5 Å². The number of alkyl halides is 1. The molecule has 0 fully saturated rings. The molecule has 16 nitrogen and oxygen atoms in total. The maximum atomic E-state index is 13.6. The van der Waals surface area contributed by atoms with Gasteiger partial charge in [0.15, 0.2) is 0 Å². The number of imide groups is 2. The van der Waals surface area contributed by atoms with Gasteiger partial charge in [-0.15, -0.1) is 0 Å². The molecule has 17 heteroatoms. The number of nitrogens with zero attached hydrogens (tertiary/aromatic N) is 5. The molecule has 0 bridgehead atoms. The second-order valence-corrected chi connectivity index (χ2v) is 13.8. The van der Waals surface area contributed by atoms with Crippen LogP contribution < -0.4 is 5.32 Å². The molecular formula is C38H37FN6O10. The molecular weight excluding hydrogens is 719 g/mol. The smallest absolute Gasteiger partial charge is 0.410 e. The lowest BCUT2D eigenvalue weighted by Crippen LogP contribution is -2.47. The Hall–Kier alpha value is -6.36. The van der Waals surface area contributed by atoms with Gasteiger partial charge in [-0.2, -0.15) is 0 Å². The van der Waals surface area contributed by atoms with Crippen LogP contribution in [0.3, 0.4) is 0 Å². The number of benzene rings is 4. The standard InChI is InChI=1S/C38H37FN6O10/c1-38(2,11-5-12-39)55-37(50)41(17-18-43-34(47)28-10-4-8-24-20-26(45(53)54)22-30(32(24)28)36(43)49)15-6-13-40-14-16-42-33(46)27-9-3-7-23-19-25(44(51)52)21-29(31(23)27)35(42)48/h3-4,7-10,19-22,40H,5-6,11-18H2,1-2H3. The minimum absolute atomic E-state index is 0.00542.